The van der Waals surface area contributed by atoms with Crippen LogP contribution in [0.3, 0.4) is 0 Å². The molecule has 0 rings (SSSR count). The summed E-state index contributed by atoms with van der Waals surface area (Å²) in [4.78, 5) is 21.7. The van der Waals surface area contributed by atoms with Crippen LogP contribution < -0.4 is 0 Å². The Morgan fingerprint density at radius 2 is 1.70 bits per heavy atom. The molecule has 2 unspecified atom stereocenters. The van der Waals surface area contributed by atoms with Crippen LogP contribution in [0.15, 0.2) is 24.8 Å². The van der Waals surface area contributed by atoms with Gasteiger partial charge in [0.15, 0.2) is 0 Å². The van der Waals surface area contributed by atoms with E-state index in [9.17, 15) is 9.59 Å². The summed E-state index contributed by atoms with van der Waals surface area (Å²) in [6.07, 6.45) is 15.3. The van der Waals surface area contributed by atoms with E-state index in [4.69, 9.17) is 10.2 Å². The van der Waals surface area contributed by atoms with E-state index in [-0.39, 0.29) is 6.42 Å². The molecule has 0 aliphatic carbocycles. The van der Waals surface area contributed by atoms with Gasteiger partial charge < -0.3 is 10.2 Å². The van der Waals surface area contributed by atoms with Crippen molar-refractivity contribution in [1.82, 2.24) is 0 Å². The summed E-state index contributed by atoms with van der Waals surface area (Å²) in [7, 11) is 0. The summed E-state index contributed by atoms with van der Waals surface area (Å²) in [5, 5.41) is 17.7. The third-order valence-electron chi connectivity index (χ3n) is 4.02. The Morgan fingerprint density at radius 1 is 1.04 bits per heavy atom. The minimum atomic E-state index is -1.09. The van der Waals surface area contributed by atoms with Crippen molar-refractivity contribution in [3.05, 3.63) is 24.8 Å². The number of aliphatic carboxylic acids is 2. The van der Waals surface area contributed by atoms with Crippen LogP contribution in [0.5, 0.6) is 0 Å². The Kier molecular flexibility index (Phi) is 13.1. The molecule has 0 heterocycles. The normalized spacial score (nSPS) is 13.8. The fourth-order valence-electron chi connectivity index (χ4n) is 2.64. The fourth-order valence-corrected chi connectivity index (χ4v) is 2.64. The molecule has 23 heavy (non-hydrogen) atoms. The Labute approximate surface area is 140 Å². The van der Waals surface area contributed by atoms with Crippen molar-refractivity contribution < 1.29 is 19.8 Å². The molecule has 0 amide bonds. The predicted molar refractivity (Wildman–Crippen MR) is 93.4 cm³/mol. The number of carbonyl (C=O) groups is 2. The lowest BCUT2D eigenvalue weighted by Gasteiger charge is -2.13. The van der Waals surface area contributed by atoms with Crippen molar-refractivity contribution >= 4 is 11.9 Å². The third-order valence-corrected chi connectivity index (χ3v) is 4.02. The largest absolute Gasteiger partial charge is 0.481 e. The molecule has 0 bridgehead atoms. The number of rotatable bonds is 15. The zero-order valence-corrected chi connectivity index (χ0v) is 14.4. The molecule has 0 aromatic heterocycles. The van der Waals surface area contributed by atoms with E-state index < -0.39 is 17.9 Å². The maximum atomic E-state index is 11.0. The van der Waals surface area contributed by atoms with Gasteiger partial charge in [-0.25, -0.2) is 0 Å². The van der Waals surface area contributed by atoms with Crippen molar-refractivity contribution in [2.75, 3.05) is 0 Å². The first-order chi connectivity index (χ1) is 11.0. The number of hydrogen-bond acceptors (Lipinski definition) is 2. The standard InChI is InChI=1S/C19H32O4/c1-3-5-6-7-8-9-12-16(11-4-2)13-10-14-17(19(22)23)15-18(20)21/h4,10,14,16-17H,2-3,5-9,11-13,15H2,1H3,(H,20,21)(H,22,23)/b14-10+. The molecule has 4 heteroatoms. The van der Waals surface area contributed by atoms with Gasteiger partial charge in [-0.3, -0.25) is 9.59 Å². The van der Waals surface area contributed by atoms with Crippen LogP contribution in [-0.2, 0) is 9.59 Å². The quantitative estimate of drug-likeness (QED) is 0.326. The van der Waals surface area contributed by atoms with E-state index in [2.05, 4.69) is 13.5 Å². The summed E-state index contributed by atoms with van der Waals surface area (Å²) >= 11 is 0. The smallest absolute Gasteiger partial charge is 0.310 e. The zero-order valence-electron chi connectivity index (χ0n) is 14.4. The first-order valence-corrected chi connectivity index (χ1v) is 8.73. The van der Waals surface area contributed by atoms with Crippen LogP contribution in [0.25, 0.3) is 0 Å². The highest BCUT2D eigenvalue weighted by atomic mass is 16.4. The van der Waals surface area contributed by atoms with Gasteiger partial charge in [-0.2, -0.15) is 0 Å². The Bertz CT molecular complexity index is 374. The van der Waals surface area contributed by atoms with Gasteiger partial charge in [0.05, 0.1) is 12.3 Å². The summed E-state index contributed by atoms with van der Waals surface area (Å²) in [6.45, 7) is 5.99. The van der Waals surface area contributed by atoms with Crippen LogP contribution in [0, 0.1) is 11.8 Å². The molecule has 0 saturated heterocycles. The molecule has 2 N–H and O–H groups in total. The molecule has 4 nitrogen and oxygen atoms in total. The first-order valence-electron chi connectivity index (χ1n) is 8.73. The highest BCUT2D eigenvalue weighted by molar-refractivity contribution is 5.79. The van der Waals surface area contributed by atoms with E-state index in [0.29, 0.717) is 5.92 Å². The molecule has 2 atom stereocenters. The molecule has 0 aromatic carbocycles. The minimum absolute atomic E-state index is 0.366. The average molecular weight is 324 g/mol. The summed E-state index contributed by atoms with van der Waals surface area (Å²) in [6, 6.07) is 0. The molecule has 0 aromatic rings. The van der Waals surface area contributed by atoms with Crippen LogP contribution in [0.4, 0.5) is 0 Å². The molecule has 0 saturated carbocycles. The van der Waals surface area contributed by atoms with Gasteiger partial charge in [0.25, 0.3) is 0 Å². The van der Waals surface area contributed by atoms with Gasteiger partial charge in [-0.1, -0.05) is 63.7 Å². The lowest BCUT2D eigenvalue weighted by molar-refractivity contribution is -0.146. The van der Waals surface area contributed by atoms with Crippen molar-refractivity contribution in [3.8, 4) is 0 Å². The second-order valence-electron chi connectivity index (χ2n) is 6.15. The lowest BCUT2D eigenvalue weighted by Crippen LogP contribution is -2.15. The first kappa shape index (κ1) is 21.4. The number of allylic oxidation sites excluding steroid dienone is 2. The lowest BCUT2D eigenvalue weighted by atomic mass is 9.93. The molecular formula is C19H32O4. The van der Waals surface area contributed by atoms with Gasteiger partial charge in [0.1, 0.15) is 0 Å². The molecule has 132 valence electrons. The van der Waals surface area contributed by atoms with Crippen LogP contribution in [-0.4, -0.2) is 22.2 Å². The van der Waals surface area contributed by atoms with Crippen molar-refractivity contribution in [2.45, 2.75) is 71.1 Å². The van der Waals surface area contributed by atoms with Crippen LogP contribution >= 0.6 is 0 Å². The van der Waals surface area contributed by atoms with Gasteiger partial charge in [0.2, 0.25) is 0 Å². The van der Waals surface area contributed by atoms with E-state index in [1.54, 1.807) is 0 Å². The third kappa shape index (κ3) is 12.6. The predicted octanol–water partition coefficient (Wildman–Crippen LogP) is 5.05. The highest BCUT2D eigenvalue weighted by Gasteiger charge is 2.17. The Morgan fingerprint density at radius 3 is 2.26 bits per heavy atom. The van der Waals surface area contributed by atoms with E-state index in [1.165, 1.54) is 44.6 Å². The summed E-state index contributed by atoms with van der Waals surface area (Å²) < 4.78 is 0. The summed E-state index contributed by atoms with van der Waals surface area (Å²) in [5.74, 6) is -2.64. The number of hydrogen-bond donors (Lipinski definition) is 2. The van der Waals surface area contributed by atoms with Crippen LogP contribution in [0.2, 0.25) is 0 Å². The molecule has 0 radical (unpaired) electrons. The van der Waals surface area contributed by atoms with E-state index in [0.717, 1.165) is 19.3 Å². The maximum Gasteiger partial charge on any atom is 0.310 e. The molecule has 0 aliphatic rings. The topological polar surface area (TPSA) is 74.6 Å². The van der Waals surface area contributed by atoms with Gasteiger partial charge in [-0.15, -0.1) is 6.58 Å². The van der Waals surface area contributed by atoms with Crippen molar-refractivity contribution in [2.24, 2.45) is 11.8 Å². The van der Waals surface area contributed by atoms with E-state index in [1.807, 2.05) is 12.2 Å². The van der Waals surface area contributed by atoms with Gasteiger partial charge in [0, 0.05) is 0 Å². The number of carboxylic acids is 2. The minimum Gasteiger partial charge on any atom is -0.481 e. The SMILES string of the molecule is C=CCC(C/C=C/C(CC(=O)O)C(=O)O)CCCCCCCC. The van der Waals surface area contributed by atoms with Gasteiger partial charge >= 0.3 is 11.9 Å². The molecule has 0 fully saturated rings. The molecule has 0 spiro atoms. The molecular weight excluding hydrogens is 292 g/mol. The number of unbranched alkanes of at least 4 members (excludes halogenated alkanes) is 5. The maximum absolute atomic E-state index is 11.0. The van der Waals surface area contributed by atoms with Crippen molar-refractivity contribution in [3.63, 3.8) is 0 Å². The Balaban J connectivity index is 4.18. The highest BCUT2D eigenvalue weighted by Crippen LogP contribution is 2.20. The summed E-state index contributed by atoms with van der Waals surface area (Å²) in [5.41, 5.74) is 0. The van der Waals surface area contributed by atoms with E-state index >= 15 is 0 Å². The second kappa shape index (κ2) is 14.0. The molecule has 0 aliphatic heterocycles. The monoisotopic (exact) mass is 324 g/mol. The fraction of sp³-hybridized carbons (Fsp3) is 0.684. The second-order valence-corrected chi connectivity index (χ2v) is 6.15. The van der Waals surface area contributed by atoms with Crippen LogP contribution in [0.1, 0.15) is 71.1 Å². The number of carboxylic acid groups (broad SMARTS) is 2. The zero-order chi connectivity index (χ0) is 17.5. The van der Waals surface area contributed by atoms with Crippen molar-refractivity contribution in [1.29, 1.82) is 0 Å². The van der Waals surface area contributed by atoms with Gasteiger partial charge in [-0.05, 0) is 25.2 Å². The average Bonchev–Trinajstić information content (AvgIpc) is 2.49. The Hall–Kier alpha value is -1.58.